The highest BCUT2D eigenvalue weighted by Crippen LogP contribution is 2.15. The van der Waals surface area contributed by atoms with E-state index in [1.165, 1.54) is 134 Å². The third kappa shape index (κ3) is 17.1. The van der Waals surface area contributed by atoms with E-state index in [1.807, 2.05) is 6.07 Å². The van der Waals surface area contributed by atoms with Crippen LogP contribution in [0.25, 0.3) is 0 Å². The monoisotopic (exact) mass is 371 g/mol. The summed E-state index contributed by atoms with van der Waals surface area (Å²) in [6, 6.07) is 11.7. The number of aryl methyl sites for hydroxylation is 1. The van der Waals surface area contributed by atoms with E-state index in [-0.39, 0.29) is 0 Å². The molecule has 0 heteroatoms. The van der Waals surface area contributed by atoms with Crippen LogP contribution in [0.5, 0.6) is 0 Å². The van der Waals surface area contributed by atoms with Gasteiger partial charge >= 0.3 is 0 Å². The summed E-state index contributed by atoms with van der Waals surface area (Å²) in [4.78, 5) is 0. The van der Waals surface area contributed by atoms with Crippen LogP contribution >= 0.6 is 0 Å². The van der Waals surface area contributed by atoms with Crippen LogP contribution in [0, 0.1) is 6.07 Å². The summed E-state index contributed by atoms with van der Waals surface area (Å²) in [7, 11) is 0. The van der Waals surface area contributed by atoms with Gasteiger partial charge in [0.25, 0.3) is 0 Å². The van der Waals surface area contributed by atoms with Gasteiger partial charge in [-0.2, -0.15) is 0 Å². The molecule has 27 heavy (non-hydrogen) atoms. The predicted molar refractivity (Wildman–Crippen MR) is 122 cm³/mol. The Morgan fingerprint density at radius 1 is 0.519 bits per heavy atom. The molecule has 1 aromatic carbocycles. The quantitative estimate of drug-likeness (QED) is 0.200. The minimum Gasteiger partial charge on any atom is -0.0654 e. The molecule has 0 aliphatic rings. The van der Waals surface area contributed by atoms with Gasteiger partial charge < -0.3 is 0 Å². The number of benzene rings is 1. The van der Waals surface area contributed by atoms with Crippen LogP contribution in [0.2, 0.25) is 0 Å². The first-order valence-corrected chi connectivity index (χ1v) is 12.4. The van der Waals surface area contributed by atoms with Gasteiger partial charge in [0.2, 0.25) is 0 Å². The first-order chi connectivity index (χ1) is 13.4. The van der Waals surface area contributed by atoms with Crippen molar-refractivity contribution in [3.05, 3.63) is 35.9 Å². The van der Waals surface area contributed by atoms with Crippen molar-refractivity contribution in [1.82, 2.24) is 0 Å². The summed E-state index contributed by atoms with van der Waals surface area (Å²) in [5.41, 5.74) is 1.38. The van der Waals surface area contributed by atoms with Crippen LogP contribution in [0.1, 0.15) is 134 Å². The van der Waals surface area contributed by atoms with E-state index < -0.39 is 0 Å². The van der Waals surface area contributed by atoms with E-state index in [1.54, 1.807) is 0 Å². The molecule has 0 aromatic heterocycles. The molecule has 0 aliphatic heterocycles. The topological polar surface area (TPSA) is 0 Å². The van der Waals surface area contributed by atoms with Gasteiger partial charge in [0.05, 0.1) is 0 Å². The third-order valence-electron chi connectivity index (χ3n) is 5.82. The van der Waals surface area contributed by atoms with Gasteiger partial charge in [-0.3, -0.25) is 0 Å². The van der Waals surface area contributed by atoms with Crippen LogP contribution in [-0.2, 0) is 6.42 Å². The van der Waals surface area contributed by atoms with Crippen molar-refractivity contribution in [1.29, 1.82) is 0 Å². The molecule has 0 fully saturated rings. The van der Waals surface area contributed by atoms with E-state index in [0.717, 1.165) is 0 Å². The molecule has 1 aromatic rings. The maximum absolute atomic E-state index is 3.33. The lowest BCUT2D eigenvalue weighted by Crippen LogP contribution is -1.86. The molecule has 0 nitrogen and oxygen atoms in total. The summed E-state index contributed by atoms with van der Waals surface area (Å²) in [6.07, 6.45) is 28.7. The molecule has 1 rings (SSSR count). The summed E-state index contributed by atoms with van der Waals surface area (Å²) in [5.74, 6) is 0. The van der Waals surface area contributed by atoms with Crippen LogP contribution in [-0.4, -0.2) is 0 Å². The summed E-state index contributed by atoms with van der Waals surface area (Å²) in [5, 5.41) is 0. The molecule has 155 valence electrons. The minimum absolute atomic E-state index is 1.21. The Kier molecular flexibility index (Phi) is 17.9. The number of hydrogen-bond acceptors (Lipinski definition) is 0. The van der Waals surface area contributed by atoms with Gasteiger partial charge in [0, 0.05) is 0 Å². The normalized spacial score (nSPS) is 11.1. The van der Waals surface area contributed by atoms with Crippen LogP contribution < -0.4 is 0 Å². The van der Waals surface area contributed by atoms with Gasteiger partial charge in [-0.15, -0.1) is 0 Å². The van der Waals surface area contributed by atoms with E-state index in [4.69, 9.17) is 0 Å². The maximum atomic E-state index is 3.33. The van der Waals surface area contributed by atoms with Crippen molar-refractivity contribution in [2.75, 3.05) is 0 Å². The molecule has 0 saturated heterocycles. The highest BCUT2D eigenvalue weighted by Gasteiger charge is 1.96. The second-order valence-corrected chi connectivity index (χ2v) is 8.50. The van der Waals surface area contributed by atoms with Crippen molar-refractivity contribution < 1.29 is 0 Å². The van der Waals surface area contributed by atoms with Gasteiger partial charge in [0.1, 0.15) is 0 Å². The van der Waals surface area contributed by atoms with E-state index >= 15 is 0 Å². The van der Waals surface area contributed by atoms with Crippen molar-refractivity contribution in [2.45, 2.75) is 135 Å². The Morgan fingerprint density at radius 2 is 0.926 bits per heavy atom. The smallest absolute Gasteiger partial charge is 0.0149 e. The molecule has 0 heterocycles. The standard InChI is InChI=1S/C27H47/c1-2-3-4-5-6-7-8-9-10-11-12-13-14-15-16-17-18-19-21-24-27-25-22-20-23-26-27/h20,22-23,25H,2-19,21,24H2,1H3. The Morgan fingerprint density at radius 3 is 1.30 bits per heavy atom. The van der Waals surface area contributed by atoms with E-state index in [0.29, 0.717) is 0 Å². The van der Waals surface area contributed by atoms with Crippen molar-refractivity contribution in [3.63, 3.8) is 0 Å². The van der Waals surface area contributed by atoms with E-state index in [9.17, 15) is 0 Å². The summed E-state index contributed by atoms with van der Waals surface area (Å²) >= 11 is 0. The Hall–Kier alpha value is -0.780. The highest BCUT2D eigenvalue weighted by atomic mass is 14.0. The molecule has 0 spiro atoms. The lowest BCUT2D eigenvalue weighted by molar-refractivity contribution is 0.523. The van der Waals surface area contributed by atoms with Gasteiger partial charge in [-0.05, 0) is 24.5 Å². The number of hydrogen-bond donors (Lipinski definition) is 0. The molecular weight excluding hydrogens is 324 g/mol. The molecule has 0 saturated carbocycles. The Labute approximate surface area is 171 Å². The molecule has 0 N–H and O–H groups in total. The fourth-order valence-electron chi connectivity index (χ4n) is 3.98. The molecule has 0 bridgehead atoms. The van der Waals surface area contributed by atoms with Gasteiger partial charge in [0.15, 0.2) is 0 Å². The highest BCUT2D eigenvalue weighted by molar-refractivity contribution is 5.12. The fraction of sp³-hybridized carbons (Fsp3) is 0.778. The van der Waals surface area contributed by atoms with Gasteiger partial charge in [-0.25, -0.2) is 0 Å². The first-order valence-electron chi connectivity index (χ1n) is 12.4. The first kappa shape index (κ1) is 24.3. The van der Waals surface area contributed by atoms with Crippen LogP contribution in [0.15, 0.2) is 24.3 Å². The average Bonchev–Trinajstić information content (AvgIpc) is 2.70. The molecule has 0 aliphatic carbocycles. The zero-order valence-electron chi connectivity index (χ0n) is 18.5. The fourth-order valence-corrected chi connectivity index (χ4v) is 3.98. The minimum atomic E-state index is 1.21. The maximum Gasteiger partial charge on any atom is -0.0149 e. The zero-order valence-corrected chi connectivity index (χ0v) is 18.5. The average molecular weight is 372 g/mol. The Balaban J connectivity index is 1.67. The Bertz CT molecular complexity index is 380. The second kappa shape index (κ2) is 20.0. The molecule has 0 unspecified atom stereocenters. The summed E-state index contributed by atoms with van der Waals surface area (Å²) < 4.78 is 0. The number of unbranched alkanes of at least 4 members (excludes halogenated alkanes) is 18. The lowest BCUT2D eigenvalue weighted by Gasteiger charge is -2.04. The molecule has 1 radical (unpaired) electrons. The third-order valence-corrected chi connectivity index (χ3v) is 5.82. The molecule has 0 amide bonds. The number of rotatable bonds is 20. The lowest BCUT2D eigenvalue weighted by atomic mass is 10.0. The second-order valence-electron chi connectivity index (χ2n) is 8.50. The molecule has 0 atom stereocenters. The SMILES string of the molecule is CCCCCCCCCCCCCCCCCCCCCc1[c]cccc1. The zero-order chi connectivity index (χ0) is 19.3. The van der Waals surface area contributed by atoms with Crippen molar-refractivity contribution in [2.24, 2.45) is 0 Å². The summed E-state index contributed by atoms with van der Waals surface area (Å²) in [6.45, 7) is 2.30. The molecular formula is C27H47. The largest absolute Gasteiger partial charge is 0.0654 e. The van der Waals surface area contributed by atoms with Crippen LogP contribution in [0.3, 0.4) is 0 Å². The van der Waals surface area contributed by atoms with Crippen LogP contribution in [0.4, 0.5) is 0 Å². The predicted octanol–water partition coefficient (Wildman–Crippen LogP) is 9.46. The van der Waals surface area contributed by atoms with Crippen molar-refractivity contribution >= 4 is 0 Å². The van der Waals surface area contributed by atoms with E-state index in [2.05, 4.69) is 31.2 Å². The van der Waals surface area contributed by atoms with Gasteiger partial charge in [-0.1, -0.05) is 147 Å². The van der Waals surface area contributed by atoms with Crippen molar-refractivity contribution in [3.8, 4) is 0 Å².